The summed E-state index contributed by atoms with van der Waals surface area (Å²) in [4.78, 5) is 27.5. The second-order valence-electron chi connectivity index (χ2n) is 7.08. The molecule has 1 aliphatic heterocycles. The Bertz CT molecular complexity index is 902. The molecule has 2 aromatic rings. The van der Waals surface area contributed by atoms with Crippen LogP contribution >= 0.6 is 0 Å². The van der Waals surface area contributed by atoms with Gasteiger partial charge in [-0.15, -0.1) is 10.2 Å². The summed E-state index contributed by atoms with van der Waals surface area (Å²) in [7, 11) is 1.60. The van der Waals surface area contributed by atoms with Gasteiger partial charge in [-0.25, -0.2) is 0 Å². The van der Waals surface area contributed by atoms with E-state index in [4.69, 9.17) is 0 Å². The topological polar surface area (TPSA) is 80.1 Å². The zero-order valence-electron chi connectivity index (χ0n) is 15.4. The van der Waals surface area contributed by atoms with Crippen molar-refractivity contribution in [3.05, 3.63) is 46.0 Å². The first-order valence-corrected chi connectivity index (χ1v) is 9.04. The summed E-state index contributed by atoms with van der Waals surface area (Å²) >= 11 is 0. The molecule has 1 aliphatic carbocycles. The number of benzene rings is 1. The van der Waals surface area contributed by atoms with Crippen molar-refractivity contribution in [2.24, 2.45) is 0 Å². The SMILES string of the molecule is CNC(=O)C1Cn2c(C)nnc2CN1C(=O)c1ccc(C)c2c1CCC2. The van der Waals surface area contributed by atoms with Gasteiger partial charge in [0.25, 0.3) is 5.91 Å². The van der Waals surface area contributed by atoms with E-state index in [0.29, 0.717) is 13.1 Å². The first-order valence-electron chi connectivity index (χ1n) is 9.04. The molecule has 1 unspecified atom stereocenters. The maximum absolute atomic E-state index is 13.4. The number of aromatic nitrogens is 3. The lowest BCUT2D eigenvalue weighted by molar-refractivity contribution is -0.126. The number of likely N-dealkylation sites (N-methyl/N-ethyl adjacent to an activating group) is 1. The van der Waals surface area contributed by atoms with E-state index in [-0.39, 0.29) is 11.8 Å². The first kappa shape index (κ1) is 16.8. The maximum Gasteiger partial charge on any atom is 0.255 e. The van der Waals surface area contributed by atoms with Crippen LogP contribution in [0.5, 0.6) is 0 Å². The highest BCUT2D eigenvalue weighted by molar-refractivity contribution is 5.99. The van der Waals surface area contributed by atoms with Crippen molar-refractivity contribution in [2.75, 3.05) is 7.05 Å². The predicted octanol–water partition coefficient (Wildman–Crippen LogP) is 1.15. The first-order chi connectivity index (χ1) is 12.5. The van der Waals surface area contributed by atoms with Crippen molar-refractivity contribution in [3.8, 4) is 0 Å². The summed E-state index contributed by atoms with van der Waals surface area (Å²) in [6.07, 6.45) is 3.02. The average molecular weight is 353 g/mol. The molecule has 7 nitrogen and oxygen atoms in total. The minimum absolute atomic E-state index is 0.0938. The largest absolute Gasteiger partial charge is 0.357 e. The summed E-state index contributed by atoms with van der Waals surface area (Å²) in [6, 6.07) is 3.36. The molecule has 0 radical (unpaired) electrons. The van der Waals surface area contributed by atoms with Gasteiger partial charge in [0.05, 0.1) is 13.1 Å². The fourth-order valence-electron chi connectivity index (χ4n) is 4.16. The number of hydrogen-bond acceptors (Lipinski definition) is 4. The number of nitrogens with zero attached hydrogens (tertiary/aromatic N) is 4. The van der Waals surface area contributed by atoms with Gasteiger partial charge in [-0.2, -0.15) is 0 Å². The van der Waals surface area contributed by atoms with Crippen molar-refractivity contribution < 1.29 is 9.59 Å². The van der Waals surface area contributed by atoms with Gasteiger partial charge in [0.15, 0.2) is 5.82 Å². The fraction of sp³-hybridized carbons (Fsp3) is 0.474. The number of hydrogen-bond donors (Lipinski definition) is 1. The van der Waals surface area contributed by atoms with E-state index in [1.54, 1.807) is 11.9 Å². The number of amides is 2. The fourth-order valence-corrected chi connectivity index (χ4v) is 4.16. The second-order valence-corrected chi connectivity index (χ2v) is 7.08. The second kappa shape index (κ2) is 6.23. The van der Waals surface area contributed by atoms with Gasteiger partial charge in [-0.3, -0.25) is 9.59 Å². The van der Waals surface area contributed by atoms with E-state index in [0.717, 1.165) is 42.0 Å². The molecule has 0 saturated heterocycles. The van der Waals surface area contributed by atoms with Crippen molar-refractivity contribution in [2.45, 2.75) is 52.2 Å². The smallest absolute Gasteiger partial charge is 0.255 e. The summed E-state index contributed by atoms with van der Waals surface area (Å²) in [5.74, 6) is 1.22. The molecule has 2 aliphatic rings. The van der Waals surface area contributed by atoms with Gasteiger partial charge >= 0.3 is 0 Å². The molecule has 0 spiro atoms. The lowest BCUT2D eigenvalue weighted by Gasteiger charge is -2.35. The van der Waals surface area contributed by atoms with E-state index < -0.39 is 6.04 Å². The molecule has 136 valence electrons. The lowest BCUT2D eigenvalue weighted by atomic mass is 9.97. The molecule has 4 rings (SSSR count). The van der Waals surface area contributed by atoms with Crippen LogP contribution in [0.25, 0.3) is 0 Å². The summed E-state index contributed by atoms with van der Waals surface area (Å²) in [5, 5.41) is 11.0. The molecule has 0 bridgehead atoms. The van der Waals surface area contributed by atoms with Crippen molar-refractivity contribution in [1.82, 2.24) is 25.0 Å². The van der Waals surface area contributed by atoms with E-state index >= 15 is 0 Å². The van der Waals surface area contributed by atoms with Gasteiger partial charge in [-0.05, 0) is 55.9 Å². The van der Waals surface area contributed by atoms with Crippen LogP contribution in [-0.2, 0) is 30.7 Å². The van der Waals surface area contributed by atoms with Crippen molar-refractivity contribution in [1.29, 1.82) is 0 Å². The zero-order chi connectivity index (χ0) is 18.4. The van der Waals surface area contributed by atoms with Crippen LogP contribution in [-0.4, -0.2) is 44.6 Å². The van der Waals surface area contributed by atoms with Crippen LogP contribution in [0.3, 0.4) is 0 Å². The Balaban J connectivity index is 1.74. The molecule has 2 heterocycles. The van der Waals surface area contributed by atoms with Crippen molar-refractivity contribution in [3.63, 3.8) is 0 Å². The number of rotatable bonds is 2. The van der Waals surface area contributed by atoms with E-state index in [9.17, 15) is 9.59 Å². The standard InChI is InChI=1S/C19H23N5O2/c1-11-7-8-15(14-6-4-5-13(11)14)19(26)24-10-17-22-21-12(2)23(17)9-16(24)18(25)20-3/h7-8,16H,4-6,9-10H2,1-3H3,(H,20,25). The van der Waals surface area contributed by atoms with Crippen LogP contribution in [0.4, 0.5) is 0 Å². The van der Waals surface area contributed by atoms with Gasteiger partial charge in [-0.1, -0.05) is 6.07 Å². The Morgan fingerprint density at radius 2 is 1.92 bits per heavy atom. The highest BCUT2D eigenvalue weighted by Gasteiger charge is 2.37. The zero-order valence-corrected chi connectivity index (χ0v) is 15.4. The molecule has 26 heavy (non-hydrogen) atoms. The molecular weight excluding hydrogens is 330 g/mol. The summed E-state index contributed by atoms with van der Waals surface area (Å²) in [6.45, 7) is 4.63. The highest BCUT2D eigenvalue weighted by atomic mass is 16.2. The molecule has 1 N–H and O–H groups in total. The Hall–Kier alpha value is -2.70. The van der Waals surface area contributed by atoms with E-state index in [2.05, 4.69) is 22.4 Å². The summed E-state index contributed by atoms with van der Waals surface area (Å²) < 4.78 is 1.92. The Labute approximate surface area is 152 Å². The molecule has 1 atom stereocenters. The molecular formula is C19H23N5O2. The van der Waals surface area contributed by atoms with Gasteiger partial charge < -0.3 is 14.8 Å². The molecule has 1 aromatic carbocycles. The number of aryl methyl sites for hydroxylation is 2. The normalized spacial score (nSPS) is 18.4. The van der Waals surface area contributed by atoms with Crippen LogP contribution in [0, 0.1) is 13.8 Å². The maximum atomic E-state index is 13.4. The predicted molar refractivity (Wildman–Crippen MR) is 95.7 cm³/mol. The van der Waals surface area contributed by atoms with Crippen LogP contribution in [0.1, 0.15) is 45.1 Å². The number of nitrogens with one attached hydrogen (secondary N) is 1. The van der Waals surface area contributed by atoms with Crippen LogP contribution < -0.4 is 5.32 Å². The van der Waals surface area contributed by atoms with Gasteiger partial charge in [0.1, 0.15) is 11.9 Å². The van der Waals surface area contributed by atoms with Crippen molar-refractivity contribution >= 4 is 11.8 Å². The Kier molecular flexibility index (Phi) is 4.01. The molecule has 0 saturated carbocycles. The van der Waals surface area contributed by atoms with Crippen LogP contribution in [0.2, 0.25) is 0 Å². The Morgan fingerprint density at radius 3 is 2.69 bits per heavy atom. The van der Waals surface area contributed by atoms with Crippen LogP contribution in [0.15, 0.2) is 12.1 Å². The van der Waals surface area contributed by atoms with E-state index in [1.807, 2.05) is 23.6 Å². The number of fused-ring (bicyclic) bond motifs is 2. The Morgan fingerprint density at radius 1 is 1.15 bits per heavy atom. The monoisotopic (exact) mass is 353 g/mol. The van der Waals surface area contributed by atoms with E-state index in [1.165, 1.54) is 11.1 Å². The minimum Gasteiger partial charge on any atom is -0.357 e. The highest BCUT2D eigenvalue weighted by Crippen LogP contribution is 2.30. The van der Waals surface area contributed by atoms with Gasteiger partial charge in [0.2, 0.25) is 5.91 Å². The van der Waals surface area contributed by atoms with Gasteiger partial charge in [0, 0.05) is 12.6 Å². The molecule has 2 amide bonds. The minimum atomic E-state index is -0.562. The summed E-state index contributed by atoms with van der Waals surface area (Å²) in [5.41, 5.74) is 4.41. The molecule has 0 fully saturated rings. The number of carbonyl (C=O) groups is 2. The lowest BCUT2D eigenvalue weighted by Crippen LogP contribution is -2.53. The third-order valence-electron chi connectivity index (χ3n) is 5.62. The number of carbonyl (C=O) groups excluding carboxylic acids is 2. The quantitative estimate of drug-likeness (QED) is 0.878. The molecule has 7 heteroatoms. The molecule has 1 aromatic heterocycles. The average Bonchev–Trinajstić information content (AvgIpc) is 3.28. The third kappa shape index (κ3) is 2.50. The third-order valence-corrected chi connectivity index (χ3v) is 5.62.